The Kier molecular flexibility index (Phi) is 5.69. The Morgan fingerprint density at radius 1 is 1.62 bits per heavy atom. The van der Waals surface area contributed by atoms with Crippen molar-refractivity contribution in [1.29, 1.82) is 0 Å². The summed E-state index contributed by atoms with van der Waals surface area (Å²) in [6.45, 7) is 5.50. The molecule has 1 unspecified atom stereocenters. The molecule has 1 saturated heterocycles. The van der Waals surface area contributed by atoms with Gasteiger partial charge in [-0.1, -0.05) is 0 Å². The van der Waals surface area contributed by atoms with Crippen molar-refractivity contribution in [2.45, 2.75) is 32.4 Å². The maximum atomic E-state index is 4.31. The third-order valence-electron chi connectivity index (χ3n) is 2.97. The molecule has 0 spiro atoms. The van der Waals surface area contributed by atoms with Crippen LogP contribution in [0.25, 0.3) is 0 Å². The molecule has 16 heavy (non-hydrogen) atoms. The van der Waals surface area contributed by atoms with Crippen LogP contribution in [0.4, 0.5) is 0 Å². The lowest BCUT2D eigenvalue weighted by atomic mass is 10.2. The molecule has 2 heterocycles. The van der Waals surface area contributed by atoms with Gasteiger partial charge >= 0.3 is 0 Å². The van der Waals surface area contributed by atoms with Crippen LogP contribution in [-0.2, 0) is 6.54 Å². The minimum absolute atomic E-state index is 0. The molecule has 1 aromatic rings. The first-order valence-corrected chi connectivity index (χ1v) is 6.41. The van der Waals surface area contributed by atoms with Gasteiger partial charge in [0.25, 0.3) is 0 Å². The van der Waals surface area contributed by atoms with Crippen molar-refractivity contribution < 1.29 is 0 Å². The second-order valence-corrected chi connectivity index (χ2v) is 5.49. The molecule has 1 aliphatic rings. The van der Waals surface area contributed by atoms with Gasteiger partial charge in [-0.05, 0) is 33.4 Å². The van der Waals surface area contributed by atoms with Gasteiger partial charge in [0.15, 0.2) is 0 Å². The summed E-state index contributed by atoms with van der Waals surface area (Å²) in [7, 11) is 2.04. The summed E-state index contributed by atoms with van der Waals surface area (Å²) in [6.07, 6.45) is 4.69. The number of aryl methyl sites for hydroxylation is 1. The standard InChI is InChI=1S/C11H19N3S.ClH/c1-9-13-7-11(15-9)8-14-5-3-4-10(14)6-12-2;/h7,10,12H,3-6,8H2,1-2H3;1H. The average molecular weight is 262 g/mol. The normalized spacial score (nSPS) is 21.0. The molecular formula is C11H20ClN3S. The highest BCUT2D eigenvalue weighted by Crippen LogP contribution is 2.21. The van der Waals surface area contributed by atoms with E-state index in [0.29, 0.717) is 0 Å². The van der Waals surface area contributed by atoms with Crippen molar-refractivity contribution in [2.24, 2.45) is 0 Å². The monoisotopic (exact) mass is 261 g/mol. The van der Waals surface area contributed by atoms with Crippen LogP contribution in [0.15, 0.2) is 6.20 Å². The quantitative estimate of drug-likeness (QED) is 0.899. The van der Waals surface area contributed by atoms with Gasteiger partial charge < -0.3 is 5.32 Å². The van der Waals surface area contributed by atoms with Crippen molar-refractivity contribution >= 4 is 23.7 Å². The van der Waals surface area contributed by atoms with Crippen LogP contribution >= 0.6 is 23.7 Å². The fourth-order valence-electron chi connectivity index (χ4n) is 2.25. The third kappa shape index (κ3) is 3.42. The van der Waals surface area contributed by atoms with E-state index in [4.69, 9.17) is 0 Å². The van der Waals surface area contributed by atoms with Gasteiger partial charge in [-0.25, -0.2) is 4.98 Å². The molecule has 3 nitrogen and oxygen atoms in total. The Bertz CT molecular complexity index is 316. The zero-order valence-corrected chi connectivity index (χ0v) is 11.5. The summed E-state index contributed by atoms with van der Waals surface area (Å²) in [4.78, 5) is 8.28. The van der Waals surface area contributed by atoms with Gasteiger partial charge in [0, 0.05) is 30.2 Å². The first-order valence-electron chi connectivity index (χ1n) is 5.59. The van der Waals surface area contributed by atoms with Gasteiger partial charge in [0.05, 0.1) is 5.01 Å². The molecule has 1 atom stereocenters. The Morgan fingerprint density at radius 3 is 3.06 bits per heavy atom. The minimum Gasteiger partial charge on any atom is -0.318 e. The molecule has 1 aliphatic heterocycles. The summed E-state index contributed by atoms with van der Waals surface area (Å²) < 4.78 is 0. The number of nitrogens with one attached hydrogen (secondary N) is 1. The van der Waals surface area contributed by atoms with Crippen LogP contribution in [0.3, 0.4) is 0 Å². The smallest absolute Gasteiger partial charge is 0.0897 e. The van der Waals surface area contributed by atoms with E-state index >= 15 is 0 Å². The van der Waals surface area contributed by atoms with E-state index in [-0.39, 0.29) is 12.4 Å². The molecule has 0 radical (unpaired) electrons. The van der Waals surface area contributed by atoms with Crippen molar-refractivity contribution in [3.05, 3.63) is 16.1 Å². The molecule has 5 heteroatoms. The van der Waals surface area contributed by atoms with Crippen molar-refractivity contribution in [3.8, 4) is 0 Å². The predicted octanol–water partition coefficient (Wildman–Crippen LogP) is 2.06. The molecule has 0 bridgehead atoms. The molecule has 0 aliphatic carbocycles. The number of likely N-dealkylation sites (N-methyl/N-ethyl adjacent to an activating group) is 1. The van der Waals surface area contributed by atoms with Crippen LogP contribution in [0.1, 0.15) is 22.7 Å². The lowest BCUT2D eigenvalue weighted by molar-refractivity contribution is 0.244. The van der Waals surface area contributed by atoms with E-state index in [0.717, 1.165) is 19.1 Å². The number of aromatic nitrogens is 1. The van der Waals surface area contributed by atoms with E-state index in [2.05, 4.69) is 22.1 Å². The number of hydrogen-bond donors (Lipinski definition) is 1. The molecule has 2 rings (SSSR count). The fraction of sp³-hybridized carbons (Fsp3) is 0.727. The number of hydrogen-bond acceptors (Lipinski definition) is 4. The molecule has 1 aromatic heterocycles. The Labute approximate surface area is 108 Å². The maximum absolute atomic E-state index is 4.31. The van der Waals surface area contributed by atoms with Crippen LogP contribution in [0.5, 0.6) is 0 Å². The van der Waals surface area contributed by atoms with E-state index in [1.807, 2.05) is 24.6 Å². The highest BCUT2D eigenvalue weighted by atomic mass is 35.5. The van der Waals surface area contributed by atoms with E-state index in [1.165, 1.54) is 29.3 Å². The predicted molar refractivity (Wildman–Crippen MR) is 71.5 cm³/mol. The minimum atomic E-state index is 0. The van der Waals surface area contributed by atoms with Crippen LogP contribution in [-0.4, -0.2) is 36.1 Å². The van der Waals surface area contributed by atoms with Gasteiger partial charge in [-0.15, -0.1) is 23.7 Å². The zero-order valence-electron chi connectivity index (χ0n) is 9.90. The van der Waals surface area contributed by atoms with Crippen molar-refractivity contribution in [1.82, 2.24) is 15.2 Å². The Balaban J connectivity index is 0.00000128. The largest absolute Gasteiger partial charge is 0.318 e. The van der Waals surface area contributed by atoms with E-state index in [1.54, 1.807) is 0 Å². The Morgan fingerprint density at radius 2 is 2.44 bits per heavy atom. The summed E-state index contributed by atoms with van der Waals surface area (Å²) in [5.74, 6) is 0. The number of likely N-dealkylation sites (tertiary alicyclic amines) is 1. The first-order chi connectivity index (χ1) is 7.29. The SMILES string of the molecule is CNCC1CCCN1Cc1cnc(C)s1.Cl. The Hall–Kier alpha value is -0.160. The summed E-state index contributed by atoms with van der Waals surface area (Å²) in [5.41, 5.74) is 0. The molecule has 0 amide bonds. The summed E-state index contributed by atoms with van der Waals surface area (Å²) >= 11 is 1.82. The molecule has 0 aromatic carbocycles. The molecule has 92 valence electrons. The fourth-order valence-corrected chi connectivity index (χ4v) is 3.07. The first kappa shape index (κ1) is 13.9. The summed E-state index contributed by atoms with van der Waals surface area (Å²) in [5, 5.41) is 4.45. The number of halogens is 1. The van der Waals surface area contributed by atoms with Gasteiger partial charge in [-0.3, -0.25) is 4.90 Å². The lowest BCUT2D eigenvalue weighted by Crippen LogP contribution is -2.36. The van der Waals surface area contributed by atoms with Crippen molar-refractivity contribution in [3.63, 3.8) is 0 Å². The highest BCUT2D eigenvalue weighted by molar-refractivity contribution is 7.11. The van der Waals surface area contributed by atoms with Crippen LogP contribution < -0.4 is 5.32 Å². The van der Waals surface area contributed by atoms with Crippen molar-refractivity contribution in [2.75, 3.05) is 20.1 Å². The molecule has 1 N–H and O–H groups in total. The second kappa shape index (κ2) is 6.55. The molecule has 0 saturated carbocycles. The molecular weight excluding hydrogens is 242 g/mol. The average Bonchev–Trinajstić information content (AvgIpc) is 2.78. The third-order valence-corrected chi connectivity index (χ3v) is 3.86. The van der Waals surface area contributed by atoms with E-state index in [9.17, 15) is 0 Å². The number of nitrogens with zero attached hydrogens (tertiary/aromatic N) is 2. The van der Waals surface area contributed by atoms with Crippen LogP contribution in [0, 0.1) is 6.92 Å². The van der Waals surface area contributed by atoms with E-state index < -0.39 is 0 Å². The zero-order chi connectivity index (χ0) is 10.7. The summed E-state index contributed by atoms with van der Waals surface area (Å²) in [6, 6.07) is 0.720. The van der Waals surface area contributed by atoms with Gasteiger partial charge in [0.1, 0.15) is 0 Å². The topological polar surface area (TPSA) is 28.2 Å². The molecule has 1 fully saturated rings. The van der Waals surface area contributed by atoms with Gasteiger partial charge in [-0.2, -0.15) is 0 Å². The second-order valence-electron chi connectivity index (χ2n) is 4.17. The lowest BCUT2D eigenvalue weighted by Gasteiger charge is -2.23. The van der Waals surface area contributed by atoms with Gasteiger partial charge in [0.2, 0.25) is 0 Å². The maximum Gasteiger partial charge on any atom is 0.0897 e. The highest BCUT2D eigenvalue weighted by Gasteiger charge is 2.23. The van der Waals surface area contributed by atoms with Crippen LogP contribution in [0.2, 0.25) is 0 Å². The number of thiazole rings is 1. The number of rotatable bonds is 4.